The summed E-state index contributed by atoms with van der Waals surface area (Å²) in [7, 11) is 1.87. The van der Waals surface area contributed by atoms with E-state index in [2.05, 4.69) is 5.32 Å². The van der Waals surface area contributed by atoms with Crippen molar-refractivity contribution in [3.63, 3.8) is 0 Å². The fourth-order valence-electron chi connectivity index (χ4n) is 1.96. The van der Waals surface area contributed by atoms with Crippen LogP contribution in [0.15, 0.2) is 18.2 Å². The molecule has 0 atom stereocenters. The van der Waals surface area contributed by atoms with Crippen LogP contribution in [0.2, 0.25) is 5.02 Å². The maximum atomic E-state index is 12.5. The lowest BCUT2D eigenvalue weighted by Gasteiger charge is -2.15. The van der Waals surface area contributed by atoms with Gasteiger partial charge in [0.05, 0.1) is 10.6 Å². The standard InChI is InChI=1S/C12H13ClF3N/c1-17-11(4-5-11)7-8-2-3-9(10(13)6-8)12(14,15)16/h2-3,6,17H,4-5,7H2,1H3. The van der Waals surface area contributed by atoms with Gasteiger partial charge >= 0.3 is 6.18 Å². The highest BCUT2D eigenvalue weighted by Gasteiger charge is 2.41. The molecule has 1 aliphatic carbocycles. The van der Waals surface area contributed by atoms with Crippen molar-refractivity contribution in [3.8, 4) is 0 Å². The van der Waals surface area contributed by atoms with Gasteiger partial charge in [0.1, 0.15) is 0 Å². The predicted molar refractivity (Wildman–Crippen MR) is 61.2 cm³/mol. The molecule has 0 heterocycles. The minimum atomic E-state index is -4.38. The number of hydrogen-bond donors (Lipinski definition) is 1. The highest BCUT2D eigenvalue weighted by molar-refractivity contribution is 6.31. The second-order valence-corrected chi connectivity index (χ2v) is 4.93. The molecule has 1 nitrogen and oxygen atoms in total. The number of halogens is 4. The molecule has 17 heavy (non-hydrogen) atoms. The molecule has 1 aromatic rings. The Kier molecular flexibility index (Phi) is 3.12. The zero-order valence-corrected chi connectivity index (χ0v) is 10.1. The van der Waals surface area contributed by atoms with Crippen molar-refractivity contribution < 1.29 is 13.2 Å². The van der Waals surface area contributed by atoms with Gasteiger partial charge in [0.2, 0.25) is 0 Å². The van der Waals surface area contributed by atoms with Gasteiger partial charge in [0.25, 0.3) is 0 Å². The molecule has 0 saturated heterocycles. The van der Waals surface area contributed by atoms with E-state index in [-0.39, 0.29) is 10.6 Å². The summed E-state index contributed by atoms with van der Waals surface area (Å²) in [5, 5.41) is 2.98. The van der Waals surface area contributed by atoms with Crippen molar-refractivity contribution in [3.05, 3.63) is 34.3 Å². The van der Waals surface area contributed by atoms with Gasteiger partial charge in [0, 0.05) is 5.54 Å². The normalized spacial score (nSPS) is 18.2. The van der Waals surface area contributed by atoms with Crippen LogP contribution in [0.1, 0.15) is 24.0 Å². The molecule has 0 spiro atoms. The van der Waals surface area contributed by atoms with E-state index in [9.17, 15) is 13.2 Å². The first-order valence-corrected chi connectivity index (χ1v) is 5.79. The predicted octanol–water partition coefficient (Wildman–Crippen LogP) is 3.65. The van der Waals surface area contributed by atoms with Crippen molar-refractivity contribution >= 4 is 11.6 Å². The van der Waals surface area contributed by atoms with Gasteiger partial charge in [-0.3, -0.25) is 0 Å². The largest absolute Gasteiger partial charge is 0.417 e. The molecule has 2 rings (SSSR count). The van der Waals surface area contributed by atoms with Crippen LogP contribution in [-0.4, -0.2) is 12.6 Å². The van der Waals surface area contributed by atoms with Crippen LogP contribution in [0, 0.1) is 0 Å². The topological polar surface area (TPSA) is 12.0 Å². The lowest BCUT2D eigenvalue weighted by Crippen LogP contribution is -2.29. The molecule has 0 amide bonds. The van der Waals surface area contributed by atoms with E-state index in [0.29, 0.717) is 0 Å². The van der Waals surface area contributed by atoms with E-state index in [4.69, 9.17) is 11.6 Å². The lowest BCUT2D eigenvalue weighted by molar-refractivity contribution is -0.137. The molecule has 0 aromatic heterocycles. The molecule has 1 aromatic carbocycles. The van der Waals surface area contributed by atoms with E-state index in [0.717, 1.165) is 30.9 Å². The minimum absolute atomic E-state index is 0.0725. The van der Waals surface area contributed by atoms with Crippen LogP contribution in [0.4, 0.5) is 13.2 Å². The summed E-state index contributed by atoms with van der Waals surface area (Å²) >= 11 is 5.67. The van der Waals surface area contributed by atoms with Crippen LogP contribution in [-0.2, 0) is 12.6 Å². The Morgan fingerprint density at radius 1 is 1.35 bits per heavy atom. The highest BCUT2D eigenvalue weighted by Crippen LogP contribution is 2.40. The Morgan fingerprint density at radius 2 is 2.00 bits per heavy atom. The number of rotatable bonds is 3. The summed E-state index contributed by atoms with van der Waals surface area (Å²) in [4.78, 5) is 0. The smallest absolute Gasteiger partial charge is 0.314 e. The fraction of sp³-hybridized carbons (Fsp3) is 0.500. The molecule has 1 N–H and O–H groups in total. The monoisotopic (exact) mass is 263 g/mol. The summed E-state index contributed by atoms with van der Waals surface area (Å²) in [5.74, 6) is 0. The molecule has 1 aliphatic rings. The number of hydrogen-bond acceptors (Lipinski definition) is 1. The Morgan fingerprint density at radius 3 is 2.41 bits per heavy atom. The first kappa shape index (κ1) is 12.7. The van der Waals surface area contributed by atoms with Crippen LogP contribution < -0.4 is 5.32 Å². The summed E-state index contributed by atoms with van der Waals surface area (Å²) in [5.41, 5.74) is 0.148. The van der Waals surface area contributed by atoms with Crippen molar-refractivity contribution in [2.75, 3.05) is 7.05 Å². The molecular formula is C12H13ClF3N. The minimum Gasteiger partial charge on any atom is -0.314 e. The average molecular weight is 264 g/mol. The van der Waals surface area contributed by atoms with Crippen LogP contribution >= 0.6 is 11.6 Å². The van der Waals surface area contributed by atoms with Crippen molar-refractivity contribution in [2.24, 2.45) is 0 Å². The Labute approximate surface area is 103 Å². The molecule has 94 valence electrons. The third-order valence-electron chi connectivity index (χ3n) is 3.27. The number of benzene rings is 1. The molecular weight excluding hydrogens is 251 g/mol. The summed E-state index contributed by atoms with van der Waals surface area (Å²) in [6.07, 6.45) is -1.54. The summed E-state index contributed by atoms with van der Waals surface area (Å²) < 4.78 is 37.5. The quantitative estimate of drug-likeness (QED) is 0.878. The van der Waals surface area contributed by atoms with E-state index >= 15 is 0 Å². The molecule has 1 fully saturated rings. The first-order valence-electron chi connectivity index (χ1n) is 5.41. The summed E-state index contributed by atoms with van der Waals surface area (Å²) in [6, 6.07) is 3.98. The van der Waals surface area contributed by atoms with Gasteiger partial charge in [-0.15, -0.1) is 0 Å². The zero-order chi connectivity index (χ0) is 12.7. The van der Waals surface area contributed by atoms with Crippen molar-refractivity contribution in [2.45, 2.75) is 31.0 Å². The van der Waals surface area contributed by atoms with Gasteiger partial charge in [-0.25, -0.2) is 0 Å². The van der Waals surface area contributed by atoms with E-state index < -0.39 is 11.7 Å². The van der Waals surface area contributed by atoms with Crippen LogP contribution in [0.25, 0.3) is 0 Å². The van der Waals surface area contributed by atoms with Crippen molar-refractivity contribution in [1.29, 1.82) is 0 Å². The fourth-order valence-corrected chi connectivity index (χ4v) is 2.27. The molecule has 0 unspecified atom stereocenters. The second-order valence-electron chi connectivity index (χ2n) is 4.52. The maximum absolute atomic E-state index is 12.5. The third-order valence-corrected chi connectivity index (χ3v) is 3.58. The number of likely N-dealkylation sites (N-methyl/N-ethyl adjacent to an activating group) is 1. The third kappa shape index (κ3) is 2.75. The number of alkyl halides is 3. The molecule has 0 aliphatic heterocycles. The first-order chi connectivity index (χ1) is 7.86. The Balaban J connectivity index is 2.20. The van der Waals surface area contributed by atoms with E-state index in [1.54, 1.807) is 0 Å². The molecule has 1 saturated carbocycles. The summed E-state index contributed by atoms with van der Waals surface area (Å²) in [6.45, 7) is 0. The Hall–Kier alpha value is -0.740. The van der Waals surface area contributed by atoms with Gasteiger partial charge in [-0.2, -0.15) is 13.2 Å². The van der Waals surface area contributed by atoms with Gasteiger partial charge < -0.3 is 5.32 Å². The highest BCUT2D eigenvalue weighted by atomic mass is 35.5. The maximum Gasteiger partial charge on any atom is 0.417 e. The molecule has 0 radical (unpaired) electrons. The SMILES string of the molecule is CNC1(Cc2ccc(C(F)(F)F)c(Cl)c2)CC1. The van der Waals surface area contributed by atoms with Gasteiger partial charge in [-0.1, -0.05) is 17.7 Å². The molecule has 5 heteroatoms. The van der Waals surface area contributed by atoms with Gasteiger partial charge in [-0.05, 0) is 44.0 Å². The second kappa shape index (κ2) is 4.18. The van der Waals surface area contributed by atoms with Crippen LogP contribution in [0.3, 0.4) is 0 Å². The Bertz CT molecular complexity index is 424. The van der Waals surface area contributed by atoms with Crippen LogP contribution in [0.5, 0.6) is 0 Å². The zero-order valence-electron chi connectivity index (χ0n) is 9.37. The van der Waals surface area contributed by atoms with Crippen molar-refractivity contribution in [1.82, 2.24) is 5.32 Å². The van der Waals surface area contributed by atoms with E-state index in [1.165, 1.54) is 12.1 Å². The molecule has 0 bridgehead atoms. The van der Waals surface area contributed by atoms with Gasteiger partial charge in [0.15, 0.2) is 0 Å². The number of nitrogens with one attached hydrogen (secondary N) is 1. The lowest BCUT2D eigenvalue weighted by atomic mass is 10.0. The average Bonchev–Trinajstić information content (AvgIpc) is 2.96. The van der Waals surface area contributed by atoms with E-state index in [1.807, 2.05) is 7.05 Å².